The Morgan fingerprint density at radius 2 is 2.04 bits per heavy atom. The van der Waals surface area contributed by atoms with E-state index in [9.17, 15) is 4.79 Å². The molecule has 0 unspecified atom stereocenters. The van der Waals surface area contributed by atoms with E-state index in [0.717, 1.165) is 19.6 Å². The molecule has 0 atom stereocenters. The Morgan fingerprint density at radius 3 is 2.61 bits per heavy atom. The van der Waals surface area contributed by atoms with Crippen molar-refractivity contribution >= 4 is 11.7 Å². The van der Waals surface area contributed by atoms with Crippen molar-refractivity contribution in [1.29, 1.82) is 5.26 Å². The Hall–Kier alpha value is -2.26. The Labute approximate surface area is 138 Å². The molecule has 6 nitrogen and oxygen atoms in total. The molecule has 2 N–H and O–H groups in total. The van der Waals surface area contributed by atoms with Crippen molar-refractivity contribution in [3.8, 4) is 11.8 Å². The average Bonchev–Trinajstić information content (AvgIpc) is 2.52. The van der Waals surface area contributed by atoms with Gasteiger partial charge in [0.1, 0.15) is 5.75 Å². The number of likely N-dealkylation sites (N-methyl/N-ethyl adjacent to an activating group) is 1. The van der Waals surface area contributed by atoms with Gasteiger partial charge >= 0.3 is 6.03 Å². The van der Waals surface area contributed by atoms with Crippen LogP contribution in [0.25, 0.3) is 0 Å². The van der Waals surface area contributed by atoms with Gasteiger partial charge in [0.15, 0.2) is 0 Å². The maximum absolute atomic E-state index is 12.0. The number of carbonyl (C=O) groups is 1. The minimum Gasteiger partial charge on any atom is -0.489 e. The molecule has 0 saturated carbocycles. The van der Waals surface area contributed by atoms with Crippen LogP contribution in [-0.4, -0.2) is 43.2 Å². The van der Waals surface area contributed by atoms with Crippen LogP contribution in [0.3, 0.4) is 0 Å². The highest BCUT2D eigenvalue weighted by molar-refractivity contribution is 5.91. The summed E-state index contributed by atoms with van der Waals surface area (Å²) in [5.74, 6) is 0.554. The van der Waals surface area contributed by atoms with Crippen LogP contribution in [-0.2, 0) is 0 Å². The molecule has 0 fully saturated rings. The van der Waals surface area contributed by atoms with Crippen molar-refractivity contribution in [2.45, 2.75) is 33.8 Å². The number of urea groups is 1. The third kappa shape index (κ3) is 6.57. The third-order valence-corrected chi connectivity index (χ3v) is 3.33. The van der Waals surface area contributed by atoms with Gasteiger partial charge in [0, 0.05) is 13.1 Å². The Bertz CT molecular complexity index is 548. The molecular formula is C17H26N4O2. The van der Waals surface area contributed by atoms with E-state index in [1.165, 1.54) is 0 Å². The van der Waals surface area contributed by atoms with Crippen LogP contribution in [0.4, 0.5) is 10.5 Å². The summed E-state index contributed by atoms with van der Waals surface area (Å²) in [5.41, 5.74) is 0.970. The van der Waals surface area contributed by atoms with E-state index >= 15 is 0 Å². The fourth-order valence-electron chi connectivity index (χ4n) is 2.09. The number of benzene rings is 1. The van der Waals surface area contributed by atoms with Gasteiger partial charge in [-0.25, -0.2) is 4.79 Å². The van der Waals surface area contributed by atoms with Gasteiger partial charge in [-0.3, -0.25) is 0 Å². The first-order valence-electron chi connectivity index (χ1n) is 7.98. The summed E-state index contributed by atoms with van der Waals surface area (Å²) >= 11 is 0. The lowest BCUT2D eigenvalue weighted by molar-refractivity contribution is 0.241. The van der Waals surface area contributed by atoms with Crippen molar-refractivity contribution in [2.24, 2.45) is 0 Å². The van der Waals surface area contributed by atoms with Crippen LogP contribution in [0.2, 0.25) is 0 Å². The number of nitrogens with one attached hydrogen (secondary N) is 2. The number of amides is 2. The van der Waals surface area contributed by atoms with Crippen molar-refractivity contribution in [1.82, 2.24) is 10.2 Å². The first kappa shape index (κ1) is 18.8. The van der Waals surface area contributed by atoms with Gasteiger partial charge in [-0.2, -0.15) is 5.26 Å². The van der Waals surface area contributed by atoms with Crippen molar-refractivity contribution in [3.05, 3.63) is 23.8 Å². The Morgan fingerprint density at radius 1 is 1.35 bits per heavy atom. The quantitative estimate of drug-likeness (QED) is 0.772. The predicted molar refractivity (Wildman–Crippen MR) is 91.7 cm³/mol. The summed E-state index contributed by atoms with van der Waals surface area (Å²) in [4.78, 5) is 14.3. The Kier molecular flexibility index (Phi) is 7.92. The highest BCUT2D eigenvalue weighted by Crippen LogP contribution is 2.26. The molecule has 2 amide bonds. The van der Waals surface area contributed by atoms with Crippen molar-refractivity contribution in [2.75, 3.05) is 31.5 Å². The first-order valence-corrected chi connectivity index (χ1v) is 7.98. The lowest BCUT2D eigenvalue weighted by Crippen LogP contribution is -2.37. The van der Waals surface area contributed by atoms with Crippen LogP contribution < -0.4 is 15.4 Å². The number of rotatable bonds is 8. The SMILES string of the molecule is CCN(CC)CCNC(=O)Nc1cc(C#N)ccc1OC(C)C. The number of hydrogen-bond donors (Lipinski definition) is 2. The smallest absolute Gasteiger partial charge is 0.319 e. The van der Waals surface area contributed by atoms with Gasteiger partial charge in [0.05, 0.1) is 23.4 Å². The fourth-order valence-corrected chi connectivity index (χ4v) is 2.09. The monoisotopic (exact) mass is 318 g/mol. The van der Waals surface area contributed by atoms with Crippen LogP contribution in [0, 0.1) is 11.3 Å². The molecular weight excluding hydrogens is 292 g/mol. The van der Waals surface area contributed by atoms with Crippen LogP contribution in [0.1, 0.15) is 33.3 Å². The molecule has 1 aromatic rings. The minimum absolute atomic E-state index is 0.0192. The van der Waals surface area contributed by atoms with E-state index in [1.54, 1.807) is 18.2 Å². The highest BCUT2D eigenvalue weighted by Gasteiger charge is 2.10. The zero-order valence-corrected chi connectivity index (χ0v) is 14.3. The summed E-state index contributed by atoms with van der Waals surface area (Å²) in [5, 5.41) is 14.6. The van der Waals surface area contributed by atoms with E-state index in [1.807, 2.05) is 13.8 Å². The molecule has 23 heavy (non-hydrogen) atoms. The maximum atomic E-state index is 12.0. The summed E-state index contributed by atoms with van der Waals surface area (Å²) in [6.45, 7) is 11.3. The molecule has 0 radical (unpaired) electrons. The third-order valence-electron chi connectivity index (χ3n) is 3.33. The van der Waals surface area contributed by atoms with Crippen molar-refractivity contribution in [3.63, 3.8) is 0 Å². The van der Waals surface area contributed by atoms with Gasteiger partial charge in [0.2, 0.25) is 0 Å². The molecule has 1 rings (SSSR count). The molecule has 0 bridgehead atoms. The molecule has 6 heteroatoms. The van der Waals surface area contributed by atoms with E-state index in [2.05, 4.69) is 35.5 Å². The number of carbonyl (C=O) groups excluding carboxylic acids is 1. The Balaban J connectivity index is 2.67. The molecule has 0 aromatic heterocycles. The first-order chi connectivity index (χ1) is 11.0. The van der Waals surface area contributed by atoms with E-state index < -0.39 is 0 Å². The zero-order chi connectivity index (χ0) is 17.2. The second-order valence-electron chi connectivity index (χ2n) is 5.40. The van der Waals surface area contributed by atoms with Gasteiger partial charge in [-0.1, -0.05) is 13.8 Å². The summed E-state index contributed by atoms with van der Waals surface area (Å²) < 4.78 is 5.66. The maximum Gasteiger partial charge on any atom is 0.319 e. The molecule has 1 aromatic carbocycles. The topological polar surface area (TPSA) is 77.4 Å². The number of nitrogens with zero attached hydrogens (tertiary/aromatic N) is 2. The molecule has 0 saturated heterocycles. The standard InChI is InChI=1S/C17H26N4O2/c1-5-21(6-2)10-9-19-17(22)20-15-11-14(12-18)7-8-16(15)23-13(3)4/h7-8,11,13H,5-6,9-10H2,1-4H3,(H2,19,20,22). The van der Waals surface area contributed by atoms with Gasteiger partial charge < -0.3 is 20.3 Å². The number of ether oxygens (including phenoxy) is 1. The van der Waals surface area contributed by atoms with Crippen LogP contribution in [0.5, 0.6) is 5.75 Å². The largest absolute Gasteiger partial charge is 0.489 e. The number of anilines is 1. The number of hydrogen-bond acceptors (Lipinski definition) is 4. The molecule has 0 spiro atoms. The van der Waals surface area contributed by atoms with E-state index in [4.69, 9.17) is 10.00 Å². The van der Waals surface area contributed by atoms with Gasteiger partial charge in [-0.05, 0) is 45.1 Å². The molecule has 0 aliphatic carbocycles. The summed E-state index contributed by atoms with van der Waals surface area (Å²) in [7, 11) is 0. The van der Waals surface area contributed by atoms with Crippen LogP contribution >= 0.6 is 0 Å². The minimum atomic E-state index is -0.305. The summed E-state index contributed by atoms with van der Waals surface area (Å²) in [6, 6.07) is 6.73. The van der Waals surface area contributed by atoms with Crippen LogP contribution in [0.15, 0.2) is 18.2 Å². The van der Waals surface area contributed by atoms with Crippen molar-refractivity contribution < 1.29 is 9.53 Å². The molecule has 0 heterocycles. The predicted octanol–water partition coefficient (Wildman–Crippen LogP) is 2.81. The molecule has 0 aliphatic rings. The average molecular weight is 318 g/mol. The lowest BCUT2D eigenvalue weighted by Gasteiger charge is -2.19. The van der Waals surface area contributed by atoms with E-state index in [0.29, 0.717) is 23.5 Å². The van der Waals surface area contributed by atoms with E-state index in [-0.39, 0.29) is 12.1 Å². The second-order valence-corrected chi connectivity index (χ2v) is 5.40. The van der Waals surface area contributed by atoms with Gasteiger partial charge in [-0.15, -0.1) is 0 Å². The molecule has 126 valence electrons. The fraction of sp³-hybridized carbons (Fsp3) is 0.529. The molecule has 0 aliphatic heterocycles. The summed E-state index contributed by atoms with van der Waals surface area (Å²) in [6.07, 6.45) is -0.0192. The normalized spacial score (nSPS) is 10.5. The number of nitriles is 1. The lowest BCUT2D eigenvalue weighted by atomic mass is 10.2. The zero-order valence-electron chi connectivity index (χ0n) is 14.3. The van der Waals surface area contributed by atoms with Gasteiger partial charge in [0.25, 0.3) is 0 Å². The second kappa shape index (κ2) is 9.70. The highest BCUT2D eigenvalue weighted by atomic mass is 16.5.